The molecule has 0 radical (unpaired) electrons. The molecule has 44 heavy (non-hydrogen) atoms. The molecule has 21 heteroatoms. The summed E-state index contributed by atoms with van der Waals surface area (Å²) in [4.78, 5) is 10.6. The van der Waals surface area contributed by atoms with Gasteiger partial charge in [0.15, 0.2) is 33.3 Å². The van der Waals surface area contributed by atoms with Crippen molar-refractivity contribution in [3.8, 4) is 0 Å². The van der Waals surface area contributed by atoms with Crippen LogP contribution in [0.2, 0.25) is 82.6 Å². The zero-order valence-corrected chi connectivity index (χ0v) is 36.0. The molecule has 0 saturated heterocycles. The molecule has 1 N–H and O–H groups in total. The normalized spacial score (nSPS) is 14.7. The molecular weight excluding hydrogens is 721 g/mol. The van der Waals surface area contributed by atoms with E-state index in [1.165, 1.54) is 0 Å². The molecular formula is C23H58O13S3Si5. The summed E-state index contributed by atoms with van der Waals surface area (Å²) in [5.41, 5.74) is 0. The molecule has 13 nitrogen and oxygen atoms in total. The van der Waals surface area contributed by atoms with Crippen LogP contribution < -0.4 is 0 Å². The van der Waals surface area contributed by atoms with Gasteiger partial charge in [-0.2, -0.15) is 25.3 Å². The third kappa shape index (κ3) is 25.7. The van der Waals surface area contributed by atoms with Crippen LogP contribution in [0.5, 0.6) is 0 Å². The molecule has 0 spiro atoms. The molecule has 0 heterocycles. The summed E-state index contributed by atoms with van der Waals surface area (Å²) in [6.45, 7) is 16.1. The quantitative estimate of drug-likeness (QED) is 0.0790. The van der Waals surface area contributed by atoms with E-state index in [4.69, 9.17) is 24.9 Å². The SMILES string of the molecule is C[Si](C)(O)CCC[Si](O[Si](C)(C)CCCOS(C)(=O)=O)(O[Si](C)(C)CCCOS(C)(=O)=O)O[Si](C)(C)CCCOS(C)(=O)=O. The number of hydrogen-bond donors (Lipinski definition) is 1. The Kier molecular flexibility index (Phi) is 18.1. The maximum Gasteiger partial charge on any atom is 0.469 e. The average Bonchev–Trinajstić information content (AvgIpc) is 2.73. The third-order valence-electron chi connectivity index (χ3n) is 6.23. The summed E-state index contributed by atoms with van der Waals surface area (Å²) in [7, 11) is -24.2. The maximum atomic E-state index is 11.5. The molecule has 0 fully saturated rings. The van der Waals surface area contributed by atoms with Gasteiger partial charge in [0.2, 0.25) is 0 Å². The van der Waals surface area contributed by atoms with E-state index < -0.39 is 72.4 Å². The average molecular weight is 779 g/mol. The van der Waals surface area contributed by atoms with Gasteiger partial charge in [-0.3, -0.25) is 12.5 Å². The molecule has 0 aliphatic carbocycles. The van der Waals surface area contributed by atoms with Crippen molar-refractivity contribution in [1.29, 1.82) is 0 Å². The van der Waals surface area contributed by atoms with E-state index >= 15 is 0 Å². The van der Waals surface area contributed by atoms with Crippen LogP contribution in [0.25, 0.3) is 0 Å². The van der Waals surface area contributed by atoms with Crippen molar-refractivity contribution in [3.63, 3.8) is 0 Å². The Hall–Kier alpha value is 0.654. The Labute approximate surface area is 273 Å². The van der Waals surface area contributed by atoms with Crippen molar-refractivity contribution in [2.45, 2.75) is 108 Å². The van der Waals surface area contributed by atoms with Gasteiger partial charge in [-0.25, -0.2) is 0 Å². The van der Waals surface area contributed by atoms with Crippen molar-refractivity contribution < 1.29 is 54.9 Å². The third-order valence-corrected chi connectivity index (χ3v) is 25.6. The van der Waals surface area contributed by atoms with E-state index in [2.05, 4.69) is 0 Å². The lowest BCUT2D eigenvalue weighted by Gasteiger charge is -2.45. The first-order valence-electron chi connectivity index (χ1n) is 14.8. The zero-order valence-electron chi connectivity index (χ0n) is 28.6. The van der Waals surface area contributed by atoms with Crippen LogP contribution in [-0.2, 0) is 55.2 Å². The predicted molar refractivity (Wildman–Crippen MR) is 186 cm³/mol. The highest BCUT2D eigenvalue weighted by atomic mass is 32.2. The summed E-state index contributed by atoms with van der Waals surface area (Å²) in [5, 5.41) is 0. The fourth-order valence-corrected chi connectivity index (χ4v) is 24.9. The second-order valence-electron chi connectivity index (χ2n) is 13.8. The van der Waals surface area contributed by atoms with Gasteiger partial charge in [-0.05, 0) is 102 Å². The van der Waals surface area contributed by atoms with Gasteiger partial charge in [-0.15, -0.1) is 0 Å². The Morgan fingerprint density at radius 1 is 0.455 bits per heavy atom. The van der Waals surface area contributed by atoms with Crippen molar-refractivity contribution in [2.75, 3.05) is 38.6 Å². The topological polar surface area (TPSA) is 178 Å². The van der Waals surface area contributed by atoms with Crippen LogP contribution in [-0.4, -0.2) is 111 Å². The molecule has 0 aliphatic heterocycles. The van der Waals surface area contributed by atoms with Gasteiger partial charge >= 0.3 is 8.80 Å². The predicted octanol–water partition coefficient (Wildman–Crippen LogP) is 4.28. The zero-order chi connectivity index (χ0) is 34.7. The van der Waals surface area contributed by atoms with Gasteiger partial charge in [0, 0.05) is 6.04 Å². The molecule has 0 bridgehead atoms. The van der Waals surface area contributed by atoms with Gasteiger partial charge in [0.25, 0.3) is 30.4 Å². The Morgan fingerprint density at radius 3 is 0.955 bits per heavy atom. The fraction of sp³-hybridized carbons (Fsp3) is 1.00. The van der Waals surface area contributed by atoms with Gasteiger partial charge in [0.1, 0.15) is 0 Å². The molecule has 0 aromatic heterocycles. The van der Waals surface area contributed by atoms with Crippen LogP contribution in [0.4, 0.5) is 0 Å². The molecule has 0 aliphatic rings. The highest BCUT2D eigenvalue weighted by Gasteiger charge is 2.52. The van der Waals surface area contributed by atoms with Crippen molar-refractivity contribution in [3.05, 3.63) is 0 Å². The van der Waals surface area contributed by atoms with E-state index in [9.17, 15) is 30.0 Å². The number of rotatable bonds is 25. The van der Waals surface area contributed by atoms with Crippen molar-refractivity contribution >= 4 is 72.4 Å². The van der Waals surface area contributed by atoms with E-state index in [-0.39, 0.29) is 19.8 Å². The second-order valence-corrected chi connectivity index (χ2v) is 39.3. The summed E-state index contributed by atoms with van der Waals surface area (Å²) in [5.74, 6) is 0. The Bertz CT molecular complexity index is 1060. The second kappa shape index (κ2) is 17.9. The van der Waals surface area contributed by atoms with E-state index in [1.54, 1.807) is 0 Å². The minimum absolute atomic E-state index is 0.0420. The van der Waals surface area contributed by atoms with E-state index in [0.29, 0.717) is 55.9 Å². The minimum Gasteiger partial charge on any atom is -0.432 e. The Morgan fingerprint density at radius 2 is 0.727 bits per heavy atom. The van der Waals surface area contributed by atoms with Crippen LogP contribution in [0.1, 0.15) is 25.7 Å². The monoisotopic (exact) mass is 778 g/mol. The van der Waals surface area contributed by atoms with Crippen molar-refractivity contribution in [1.82, 2.24) is 0 Å². The summed E-state index contributed by atoms with van der Waals surface area (Å²) >= 11 is 0. The Balaban J connectivity index is 6.28. The van der Waals surface area contributed by atoms with E-state index in [1.807, 2.05) is 52.4 Å². The molecule has 0 aromatic rings. The lowest BCUT2D eigenvalue weighted by Crippen LogP contribution is -2.62. The lowest BCUT2D eigenvalue weighted by molar-refractivity contribution is 0.241. The van der Waals surface area contributed by atoms with Crippen molar-refractivity contribution in [2.24, 2.45) is 0 Å². The number of hydrogen-bond acceptors (Lipinski definition) is 13. The van der Waals surface area contributed by atoms with E-state index in [0.717, 1.165) is 18.8 Å². The molecule has 0 amide bonds. The summed E-state index contributed by atoms with van der Waals surface area (Å²) in [6.07, 6.45) is 5.09. The first-order valence-corrected chi connectivity index (χ1v) is 34.7. The largest absolute Gasteiger partial charge is 0.469 e. The van der Waals surface area contributed by atoms with Gasteiger partial charge in [0.05, 0.1) is 38.6 Å². The maximum absolute atomic E-state index is 11.5. The molecule has 266 valence electrons. The standard InChI is InChI=1S/C23H58O13S3Si5/c1-37(24,25)31-16-12-20-41(6,7)34-44(23-15-19-40(4,5)30,35-42(8,9)21-13-17-32-38(2,26)27)36-43(10,11)22-14-18-33-39(3,28)29/h30H,12-23H2,1-11H3. The lowest BCUT2D eigenvalue weighted by atomic mass is 10.5. The van der Waals surface area contributed by atoms with Gasteiger partial charge < -0.3 is 17.1 Å². The van der Waals surface area contributed by atoms with Gasteiger partial charge in [-0.1, -0.05) is 0 Å². The smallest absolute Gasteiger partial charge is 0.432 e. The molecule has 0 atom stereocenters. The molecule has 0 saturated carbocycles. The first kappa shape index (κ1) is 44.7. The van der Waals surface area contributed by atoms with Crippen LogP contribution >= 0.6 is 0 Å². The minimum atomic E-state index is -3.56. The van der Waals surface area contributed by atoms with Crippen LogP contribution in [0.3, 0.4) is 0 Å². The highest BCUT2D eigenvalue weighted by molar-refractivity contribution is 7.86. The molecule has 0 unspecified atom stereocenters. The van der Waals surface area contributed by atoms with Crippen LogP contribution in [0.15, 0.2) is 0 Å². The first-order chi connectivity index (χ1) is 19.4. The highest BCUT2D eigenvalue weighted by Crippen LogP contribution is 2.35. The fourth-order valence-electron chi connectivity index (χ4n) is 4.49. The summed E-state index contributed by atoms with van der Waals surface area (Å²) < 4.78 is 105. The molecule has 0 aromatic carbocycles. The van der Waals surface area contributed by atoms with Crippen LogP contribution in [0, 0.1) is 0 Å². The summed E-state index contributed by atoms with van der Waals surface area (Å²) in [6, 6.07) is 2.89. The molecule has 0 rings (SSSR count).